The van der Waals surface area contributed by atoms with Crippen molar-refractivity contribution in [3.8, 4) is 5.75 Å². The normalized spacial score (nSPS) is 11.4. The number of amides is 3. The first-order chi connectivity index (χ1) is 13.0. The Hall–Kier alpha value is -3.02. The number of hydrogen-bond acceptors (Lipinski definition) is 3. The number of hydrogen-bond donors (Lipinski definition) is 2. The van der Waals surface area contributed by atoms with Crippen molar-refractivity contribution in [2.45, 2.75) is 33.0 Å². The highest BCUT2D eigenvalue weighted by molar-refractivity contribution is 5.86. The monoisotopic (exact) mass is 369 g/mol. The van der Waals surface area contributed by atoms with Gasteiger partial charge in [-0.25, -0.2) is 4.79 Å². The summed E-state index contributed by atoms with van der Waals surface area (Å²) in [4.78, 5) is 25.5. The molecule has 0 bridgehead atoms. The van der Waals surface area contributed by atoms with Crippen LogP contribution in [0.25, 0.3) is 0 Å². The van der Waals surface area contributed by atoms with Gasteiger partial charge < -0.3 is 20.3 Å². The first-order valence-corrected chi connectivity index (χ1v) is 9.04. The highest BCUT2D eigenvalue weighted by Crippen LogP contribution is 2.12. The van der Waals surface area contributed by atoms with Crippen LogP contribution in [0.4, 0.5) is 4.79 Å². The molecule has 0 saturated carbocycles. The second-order valence-electron chi connectivity index (χ2n) is 6.32. The van der Waals surface area contributed by atoms with E-state index in [1.807, 2.05) is 61.5 Å². The predicted molar refractivity (Wildman–Crippen MR) is 105 cm³/mol. The third-order valence-electron chi connectivity index (χ3n) is 4.19. The van der Waals surface area contributed by atoms with Crippen molar-refractivity contribution in [2.75, 3.05) is 13.6 Å². The van der Waals surface area contributed by atoms with E-state index in [1.54, 1.807) is 18.9 Å². The molecule has 1 atom stereocenters. The Bertz CT molecular complexity index is 732. The van der Waals surface area contributed by atoms with Crippen LogP contribution in [0.2, 0.25) is 0 Å². The molecule has 0 unspecified atom stereocenters. The van der Waals surface area contributed by atoms with Crippen LogP contribution < -0.4 is 15.4 Å². The SMILES string of the molecule is CCN(C)C(=O)[C@H](C)NC(=O)NCc1ccc(COc2ccccc2)cc1. The number of para-hydroxylation sites is 1. The van der Waals surface area contributed by atoms with Crippen LogP contribution >= 0.6 is 0 Å². The maximum atomic E-state index is 12.0. The van der Waals surface area contributed by atoms with Crippen molar-refractivity contribution in [2.24, 2.45) is 0 Å². The van der Waals surface area contributed by atoms with Crippen LogP contribution in [-0.4, -0.2) is 36.5 Å². The van der Waals surface area contributed by atoms with Crippen molar-refractivity contribution in [1.29, 1.82) is 0 Å². The third-order valence-corrected chi connectivity index (χ3v) is 4.19. The minimum atomic E-state index is -0.563. The zero-order valence-electron chi connectivity index (χ0n) is 16.1. The third kappa shape index (κ3) is 6.66. The van der Waals surface area contributed by atoms with Crippen molar-refractivity contribution in [3.05, 3.63) is 65.7 Å². The van der Waals surface area contributed by atoms with Crippen LogP contribution in [0.1, 0.15) is 25.0 Å². The van der Waals surface area contributed by atoms with E-state index in [2.05, 4.69) is 10.6 Å². The molecule has 0 heterocycles. The van der Waals surface area contributed by atoms with Crippen molar-refractivity contribution >= 4 is 11.9 Å². The van der Waals surface area contributed by atoms with Gasteiger partial charge in [0.2, 0.25) is 5.91 Å². The van der Waals surface area contributed by atoms with Gasteiger partial charge in [0, 0.05) is 20.1 Å². The fraction of sp³-hybridized carbons (Fsp3) is 0.333. The molecule has 0 aliphatic heterocycles. The number of rotatable bonds is 8. The molecule has 144 valence electrons. The molecule has 0 saturated heterocycles. The van der Waals surface area contributed by atoms with Gasteiger partial charge >= 0.3 is 6.03 Å². The van der Waals surface area contributed by atoms with E-state index < -0.39 is 6.04 Å². The molecule has 0 radical (unpaired) electrons. The molecule has 2 rings (SSSR count). The molecule has 3 amide bonds. The topological polar surface area (TPSA) is 70.7 Å². The number of likely N-dealkylation sites (N-methyl/N-ethyl adjacent to an activating group) is 1. The van der Waals surface area contributed by atoms with Gasteiger partial charge in [-0.2, -0.15) is 0 Å². The average Bonchev–Trinajstić information content (AvgIpc) is 2.71. The maximum absolute atomic E-state index is 12.0. The number of carbonyl (C=O) groups excluding carboxylic acids is 2. The van der Waals surface area contributed by atoms with Gasteiger partial charge in [0.25, 0.3) is 0 Å². The lowest BCUT2D eigenvalue weighted by molar-refractivity contribution is -0.131. The largest absolute Gasteiger partial charge is 0.489 e. The molecule has 2 N–H and O–H groups in total. The number of carbonyl (C=O) groups is 2. The molecule has 0 aromatic heterocycles. The summed E-state index contributed by atoms with van der Waals surface area (Å²) >= 11 is 0. The molecule has 0 fully saturated rings. The summed E-state index contributed by atoms with van der Waals surface area (Å²) in [5.74, 6) is 0.715. The molecule has 6 nitrogen and oxygen atoms in total. The van der Waals surface area contributed by atoms with Gasteiger partial charge in [0.1, 0.15) is 18.4 Å². The van der Waals surface area contributed by atoms with E-state index in [0.717, 1.165) is 16.9 Å². The molecule has 0 aliphatic rings. The number of nitrogens with zero attached hydrogens (tertiary/aromatic N) is 1. The lowest BCUT2D eigenvalue weighted by atomic mass is 10.1. The van der Waals surface area contributed by atoms with Gasteiger partial charge in [-0.3, -0.25) is 4.79 Å². The second-order valence-corrected chi connectivity index (χ2v) is 6.32. The lowest BCUT2D eigenvalue weighted by Gasteiger charge is -2.20. The molecule has 6 heteroatoms. The lowest BCUT2D eigenvalue weighted by Crippen LogP contribution is -2.48. The summed E-state index contributed by atoms with van der Waals surface area (Å²) in [5.41, 5.74) is 2.02. The first-order valence-electron chi connectivity index (χ1n) is 9.04. The van der Waals surface area contributed by atoms with E-state index in [1.165, 1.54) is 0 Å². The standard InChI is InChI=1S/C21H27N3O3/c1-4-24(3)20(25)16(2)23-21(26)22-14-17-10-12-18(13-11-17)15-27-19-8-6-5-7-9-19/h5-13,16H,4,14-15H2,1-3H3,(H2,22,23,26)/t16-/m0/s1. The van der Waals surface area contributed by atoms with Crippen LogP contribution in [0.3, 0.4) is 0 Å². The molecular formula is C21H27N3O3. The zero-order valence-corrected chi connectivity index (χ0v) is 16.1. The van der Waals surface area contributed by atoms with E-state index in [0.29, 0.717) is 19.7 Å². The predicted octanol–water partition coefficient (Wildman–Crippen LogP) is 2.93. The van der Waals surface area contributed by atoms with Crippen molar-refractivity contribution < 1.29 is 14.3 Å². The number of urea groups is 1. The first kappa shape index (κ1) is 20.3. The fourth-order valence-electron chi connectivity index (χ4n) is 2.41. The maximum Gasteiger partial charge on any atom is 0.315 e. The van der Waals surface area contributed by atoms with Crippen LogP contribution in [0.5, 0.6) is 5.75 Å². The van der Waals surface area contributed by atoms with E-state index in [9.17, 15) is 9.59 Å². The molecule has 0 aliphatic carbocycles. The summed E-state index contributed by atoms with van der Waals surface area (Å²) in [5, 5.41) is 5.42. The zero-order chi connectivity index (χ0) is 19.6. The van der Waals surface area contributed by atoms with Crippen molar-refractivity contribution in [1.82, 2.24) is 15.5 Å². The molecule has 0 spiro atoms. The smallest absolute Gasteiger partial charge is 0.315 e. The van der Waals surface area contributed by atoms with Crippen LogP contribution in [0.15, 0.2) is 54.6 Å². The van der Waals surface area contributed by atoms with E-state index in [4.69, 9.17) is 4.74 Å². The van der Waals surface area contributed by atoms with Gasteiger partial charge in [-0.05, 0) is 37.1 Å². The summed E-state index contributed by atoms with van der Waals surface area (Å²) in [7, 11) is 1.71. The average molecular weight is 369 g/mol. The minimum Gasteiger partial charge on any atom is -0.489 e. The van der Waals surface area contributed by atoms with Gasteiger partial charge in [-0.1, -0.05) is 42.5 Å². The van der Waals surface area contributed by atoms with Crippen LogP contribution in [-0.2, 0) is 17.9 Å². The van der Waals surface area contributed by atoms with Gasteiger partial charge in [0.15, 0.2) is 0 Å². The number of ether oxygens (including phenoxy) is 1. The Morgan fingerprint density at radius 2 is 1.67 bits per heavy atom. The van der Waals surface area contributed by atoms with Crippen LogP contribution in [0, 0.1) is 0 Å². The number of benzene rings is 2. The highest BCUT2D eigenvalue weighted by Gasteiger charge is 2.18. The van der Waals surface area contributed by atoms with Gasteiger partial charge in [-0.15, -0.1) is 0 Å². The molecule has 27 heavy (non-hydrogen) atoms. The van der Waals surface area contributed by atoms with Gasteiger partial charge in [0.05, 0.1) is 0 Å². The van der Waals surface area contributed by atoms with E-state index in [-0.39, 0.29) is 11.9 Å². The second kappa shape index (κ2) is 10.2. The summed E-state index contributed by atoms with van der Waals surface area (Å²) in [6.45, 7) is 5.04. The Labute approximate surface area is 160 Å². The van der Waals surface area contributed by atoms with Crippen molar-refractivity contribution in [3.63, 3.8) is 0 Å². The quantitative estimate of drug-likeness (QED) is 0.752. The summed E-state index contributed by atoms with van der Waals surface area (Å²) in [6, 6.07) is 16.6. The molecule has 2 aromatic rings. The summed E-state index contributed by atoms with van der Waals surface area (Å²) < 4.78 is 5.71. The van der Waals surface area contributed by atoms with E-state index >= 15 is 0 Å². The number of nitrogens with one attached hydrogen (secondary N) is 2. The Morgan fingerprint density at radius 3 is 2.30 bits per heavy atom. The molecule has 2 aromatic carbocycles. The Morgan fingerprint density at radius 1 is 1.04 bits per heavy atom. The highest BCUT2D eigenvalue weighted by atomic mass is 16.5. The molecular weight excluding hydrogens is 342 g/mol. The minimum absolute atomic E-state index is 0.115. The Balaban J connectivity index is 1.76. The Kier molecular flexibility index (Phi) is 7.67. The summed E-state index contributed by atoms with van der Waals surface area (Å²) in [6.07, 6.45) is 0. The fourth-order valence-corrected chi connectivity index (χ4v) is 2.41.